The van der Waals surface area contributed by atoms with Gasteiger partial charge in [-0.25, -0.2) is 9.78 Å². The summed E-state index contributed by atoms with van der Waals surface area (Å²) in [7, 11) is 1.51. The second kappa shape index (κ2) is 11.5. The Morgan fingerprint density at radius 1 is 1.23 bits per heavy atom. The first-order chi connectivity index (χ1) is 17.0. The van der Waals surface area contributed by atoms with Gasteiger partial charge in [0.25, 0.3) is 5.56 Å². The van der Waals surface area contributed by atoms with Crippen LogP contribution < -0.4 is 15.0 Å². The minimum absolute atomic E-state index is 0.187. The number of rotatable bonds is 8. The Labute approximate surface area is 212 Å². The van der Waals surface area contributed by atoms with Gasteiger partial charge in [0.05, 0.1) is 35.3 Å². The average Bonchev–Trinajstić information content (AvgIpc) is 2.87. The van der Waals surface area contributed by atoms with Crippen molar-refractivity contribution >= 4 is 39.0 Å². The number of esters is 1. The summed E-state index contributed by atoms with van der Waals surface area (Å²) in [6.07, 6.45) is 7.03. The Balaban J connectivity index is 1.69. The molecule has 8 nitrogen and oxygen atoms in total. The Morgan fingerprint density at radius 2 is 2.00 bits per heavy atom. The van der Waals surface area contributed by atoms with Crippen molar-refractivity contribution in [2.24, 2.45) is 5.10 Å². The van der Waals surface area contributed by atoms with Gasteiger partial charge in [0.15, 0.2) is 18.1 Å². The fraction of sp³-hybridized carbons (Fsp3) is 0.385. The van der Waals surface area contributed by atoms with Gasteiger partial charge >= 0.3 is 5.97 Å². The molecule has 0 bridgehead atoms. The molecule has 4 rings (SSSR count). The third-order valence-electron chi connectivity index (χ3n) is 5.96. The molecule has 9 heteroatoms. The first kappa shape index (κ1) is 24.9. The predicted molar refractivity (Wildman–Crippen MR) is 138 cm³/mol. The van der Waals surface area contributed by atoms with E-state index in [0.717, 1.165) is 25.7 Å². The van der Waals surface area contributed by atoms with Crippen LogP contribution in [0.2, 0.25) is 0 Å². The molecule has 1 saturated carbocycles. The van der Waals surface area contributed by atoms with Crippen LogP contribution in [0.4, 0.5) is 0 Å². The van der Waals surface area contributed by atoms with E-state index in [0.29, 0.717) is 38.3 Å². The maximum atomic E-state index is 13.4. The molecule has 35 heavy (non-hydrogen) atoms. The van der Waals surface area contributed by atoms with Gasteiger partial charge in [-0.05, 0) is 65.5 Å². The molecule has 1 aliphatic rings. The first-order valence-electron chi connectivity index (χ1n) is 11.7. The zero-order chi connectivity index (χ0) is 24.8. The Morgan fingerprint density at radius 3 is 2.74 bits per heavy atom. The van der Waals surface area contributed by atoms with Crippen LogP contribution >= 0.6 is 15.9 Å². The van der Waals surface area contributed by atoms with Crippen molar-refractivity contribution in [3.63, 3.8) is 0 Å². The van der Waals surface area contributed by atoms with Gasteiger partial charge in [-0.2, -0.15) is 9.78 Å². The standard InChI is InChI=1S/C26H28BrN3O5/c1-3-34-23(31)16-35-24-20(27)13-17(14-22(24)33-2)15-28-30-25(18-9-5-4-6-10-18)29-21-12-8-7-11-19(21)26(30)32/h7-8,11-15,18H,3-6,9-10,16H2,1-2H3. The smallest absolute Gasteiger partial charge is 0.344 e. The van der Waals surface area contributed by atoms with E-state index < -0.39 is 5.97 Å². The quantitative estimate of drug-likeness (QED) is 0.293. The molecule has 2 aromatic carbocycles. The second-order valence-corrected chi connectivity index (χ2v) is 9.17. The summed E-state index contributed by atoms with van der Waals surface area (Å²) in [6, 6.07) is 10.9. The topological polar surface area (TPSA) is 92.0 Å². The van der Waals surface area contributed by atoms with Crippen LogP contribution in [-0.2, 0) is 9.53 Å². The van der Waals surface area contributed by atoms with Gasteiger partial charge in [0.1, 0.15) is 5.82 Å². The average molecular weight is 542 g/mol. The molecular weight excluding hydrogens is 514 g/mol. The number of hydrogen-bond donors (Lipinski definition) is 0. The lowest BCUT2D eigenvalue weighted by Gasteiger charge is -2.22. The van der Waals surface area contributed by atoms with Gasteiger partial charge in [-0.3, -0.25) is 4.79 Å². The lowest BCUT2D eigenvalue weighted by atomic mass is 9.88. The lowest BCUT2D eigenvalue weighted by Crippen LogP contribution is -2.25. The lowest BCUT2D eigenvalue weighted by molar-refractivity contribution is -0.145. The summed E-state index contributed by atoms with van der Waals surface area (Å²) in [5.74, 6) is 1.22. The van der Waals surface area contributed by atoms with E-state index in [1.54, 1.807) is 31.3 Å². The maximum Gasteiger partial charge on any atom is 0.344 e. The summed E-state index contributed by atoms with van der Waals surface area (Å²) in [5, 5.41) is 5.10. The number of carbonyl (C=O) groups is 1. The highest BCUT2D eigenvalue weighted by molar-refractivity contribution is 9.10. The van der Waals surface area contributed by atoms with Crippen LogP contribution in [0, 0.1) is 0 Å². The largest absolute Gasteiger partial charge is 0.493 e. The van der Waals surface area contributed by atoms with E-state index in [1.165, 1.54) is 18.2 Å². The number of halogens is 1. The minimum atomic E-state index is -0.467. The molecule has 3 aromatic rings. The van der Waals surface area contributed by atoms with E-state index >= 15 is 0 Å². The fourth-order valence-electron chi connectivity index (χ4n) is 4.29. The van der Waals surface area contributed by atoms with Crippen LogP contribution in [0.15, 0.2) is 50.8 Å². The number of carbonyl (C=O) groups excluding carboxylic acids is 1. The molecular formula is C26H28BrN3O5. The Kier molecular flexibility index (Phi) is 8.17. The number of nitrogens with zero attached hydrogens (tertiary/aromatic N) is 3. The van der Waals surface area contributed by atoms with Crippen molar-refractivity contribution in [3.8, 4) is 11.5 Å². The van der Waals surface area contributed by atoms with Crippen molar-refractivity contribution in [3.05, 3.63) is 62.6 Å². The predicted octanol–water partition coefficient (Wildman–Crippen LogP) is 5.04. The van der Waals surface area contributed by atoms with Crippen LogP contribution in [-0.4, -0.2) is 42.2 Å². The third kappa shape index (κ3) is 5.73. The summed E-state index contributed by atoms with van der Waals surface area (Å²) < 4.78 is 18.0. The second-order valence-electron chi connectivity index (χ2n) is 8.31. The summed E-state index contributed by atoms with van der Waals surface area (Å²) in [4.78, 5) is 29.9. The maximum absolute atomic E-state index is 13.4. The van der Waals surface area contributed by atoms with Gasteiger partial charge in [-0.15, -0.1) is 0 Å². The molecule has 0 unspecified atom stereocenters. The first-order valence-corrected chi connectivity index (χ1v) is 12.5. The number of aromatic nitrogens is 2. The summed E-state index contributed by atoms with van der Waals surface area (Å²) in [5.41, 5.74) is 1.19. The minimum Gasteiger partial charge on any atom is -0.493 e. The molecule has 1 aliphatic carbocycles. The molecule has 0 radical (unpaired) electrons. The van der Waals surface area contributed by atoms with Gasteiger partial charge in [0, 0.05) is 5.92 Å². The molecule has 0 N–H and O–H groups in total. The van der Waals surface area contributed by atoms with Crippen LogP contribution in [0.25, 0.3) is 10.9 Å². The SMILES string of the molecule is CCOC(=O)COc1c(Br)cc(C=Nn2c(C3CCCCC3)nc3ccccc3c2=O)cc1OC. The van der Waals surface area contributed by atoms with Gasteiger partial charge in [-0.1, -0.05) is 31.4 Å². The van der Waals surface area contributed by atoms with Gasteiger partial charge < -0.3 is 14.2 Å². The number of benzene rings is 2. The molecule has 0 amide bonds. The molecule has 0 spiro atoms. The highest BCUT2D eigenvalue weighted by Gasteiger charge is 2.22. The fourth-order valence-corrected chi connectivity index (χ4v) is 4.86. The van der Waals surface area contributed by atoms with Crippen molar-refractivity contribution in [2.75, 3.05) is 20.3 Å². The monoisotopic (exact) mass is 541 g/mol. The summed E-state index contributed by atoms with van der Waals surface area (Å²) in [6.45, 7) is 1.78. The van der Waals surface area contributed by atoms with Crippen LogP contribution in [0.5, 0.6) is 11.5 Å². The zero-order valence-electron chi connectivity index (χ0n) is 19.8. The van der Waals surface area contributed by atoms with Crippen molar-refractivity contribution < 1.29 is 19.0 Å². The summed E-state index contributed by atoms with van der Waals surface area (Å²) >= 11 is 3.48. The molecule has 1 aromatic heterocycles. The highest BCUT2D eigenvalue weighted by atomic mass is 79.9. The molecule has 1 fully saturated rings. The molecule has 0 aliphatic heterocycles. The van der Waals surface area contributed by atoms with Crippen LogP contribution in [0.1, 0.15) is 56.3 Å². The molecule has 184 valence electrons. The van der Waals surface area contributed by atoms with Crippen molar-refractivity contribution in [1.82, 2.24) is 9.66 Å². The van der Waals surface area contributed by atoms with E-state index in [9.17, 15) is 9.59 Å². The Hall–Kier alpha value is -3.20. The van der Waals surface area contributed by atoms with Gasteiger partial charge in [0.2, 0.25) is 0 Å². The number of methoxy groups -OCH3 is 1. The third-order valence-corrected chi connectivity index (χ3v) is 6.55. The molecule has 0 saturated heterocycles. The van der Waals surface area contributed by atoms with E-state index in [4.69, 9.17) is 19.2 Å². The highest BCUT2D eigenvalue weighted by Crippen LogP contribution is 2.36. The van der Waals surface area contributed by atoms with E-state index in [2.05, 4.69) is 21.0 Å². The van der Waals surface area contributed by atoms with E-state index in [-0.39, 0.29) is 24.7 Å². The van der Waals surface area contributed by atoms with Crippen LogP contribution in [0.3, 0.4) is 0 Å². The van der Waals surface area contributed by atoms with Crippen molar-refractivity contribution in [1.29, 1.82) is 0 Å². The molecule has 1 heterocycles. The normalized spacial score (nSPS) is 14.4. The zero-order valence-corrected chi connectivity index (χ0v) is 21.4. The number of fused-ring (bicyclic) bond motifs is 1. The number of para-hydroxylation sites is 1. The molecule has 0 atom stereocenters. The number of hydrogen-bond acceptors (Lipinski definition) is 7. The number of ether oxygens (including phenoxy) is 3. The Bertz CT molecular complexity index is 1300. The van der Waals surface area contributed by atoms with Crippen molar-refractivity contribution in [2.45, 2.75) is 44.9 Å². The van der Waals surface area contributed by atoms with E-state index in [1.807, 2.05) is 18.2 Å².